The summed E-state index contributed by atoms with van der Waals surface area (Å²) in [6, 6.07) is 8.75. The van der Waals surface area contributed by atoms with Crippen molar-refractivity contribution in [3.05, 3.63) is 63.9 Å². The van der Waals surface area contributed by atoms with E-state index in [0.717, 1.165) is 43.2 Å². The Morgan fingerprint density at radius 1 is 0.971 bits per heavy atom. The Morgan fingerprint density at radius 3 is 2.21 bits per heavy atom. The van der Waals surface area contributed by atoms with E-state index in [2.05, 4.69) is 11.7 Å². The van der Waals surface area contributed by atoms with Gasteiger partial charge in [-0.1, -0.05) is 43.1 Å². The van der Waals surface area contributed by atoms with E-state index in [4.69, 9.17) is 11.6 Å². The second-order valence-electron chi connectivity index (χ2n) is 8.81. The monoisotopic (exact) mass is 510 g/mol. The molecular weight excluding hydrogens is 485 g/mol. The van der Waals surface area contributed by atoms with Crippen molar-refractivity contribution in [3.63, 3.8) is 0 Å². The van der Waals surface area contributed by atoms with E-state index in [0.29, 0.717) is 29.9 Å². The molecule has 1 aliphatic carbocycles. The number of benzene rings is 2. The van der Waals surface area contributed by atoms with Crippen LogP contribution in [0.15, 0.2) is 36.4 Å². The number of ether oxygens (including phenoxy) is 1. The largest absolute Gasteiger partial charge is 0.439 e. The van der Waals surface area contributed by atoms with Crippen LogP contribution in [0.4, 0.5) is 30.7 Å². The number of halogens is 8. The first-order valence-corrected chi connectivity index (χ1v) is 11.6. The lowest BCUT2D eigenvalue weighted by atomic mass is 9.77. The first-order chi connectivity index (χ1) is 15.9. The molecule has 0 aliphatic heterocycles. The van der Waals surface area contributed by atoms with E-state index >= 15 is 0 Å². The van der Waals surface area contributed by atoms with Crippen LogP contribution in [-0.4, -0.2) is 18.5 Å². The third-order valence-electron chi connectivity index (χ3n) is 6.48. The van der Waals surface area contributed by atoms with Crippen molar-refractivity contribution >= 4 is 11.6 Å². The molecule has 3 rings (SSSR count). The highest BCUT2D eigenvalue weighted by molar-refractivity contribution is 6.32. The Hall–Kier alpha value is -1.96. The Kier molecular flexibility index (Phi) is 8.43. The average molecular weight is 511 g/mol. The van der Waals surface area contributed by atoms with Crippen molar-refractivity contribution in [1.82, 2.24) is 0 Å². The van der Waals surface area contributed by atoms with E-state index in [1.165, 1.54) is 18.6 Å². The zero-order chi connectivity index (χ0) is 25.1. The number of hydrogen-bond donors (Lipinski definition) is 0. The first kappa shape index (κ1) is 26.6. The maximum atomic E-state index is 14.7. The standard InChI is InChI=1S/C25H26ClF7O/c1-2-15-3-7-17(8-4-15)19-11-10-18(21(27)14-19)9-5-16-6-12-22(20(26)13-16)34-25(32,33)23(28)24(29,30)31/h6,10-15,17,23H,2-5,7-9H2,1H3. The Balaban J connectivity index is 1.61. The van der Waals surface area contributed by atoms with Crippen LogP contribution in [0.1, 0.15) is 61.6 Å². The molecule has 34 heavy (non-hydrogen) atoms. The number of alkyl halides is 6. The molecule has 0 spiro atoms. The summed E-state index contributed by atoms with van der Waals surface area (Å²) in [7, 11) is 0. The van der Waals surface area contributed by atoms with Crippen molar-refractivity contribution in [2.24, 2.45) is 5.92 Å². The van der Waals surface area contributed by atoms with E-state index in [-0.39, 0.29) is 5.82 Å². The first-order valence-electron chi connectivity index (χ1n) is 11.2. The van der Waals surface area contributed by atoms with Crippen molar-refractivity contribution in [1.29, 1.82) is 0 Å². The lowest BCUT2D eigenvalue weighted by molar-refractivity contribution is -0.304. The molecule has 1 nitrogen and oxygen atoms in total. The zero-order valence-corrected chi connectivity index (χ0v) is 19.3. The molecule has 1 aliphatic rings. The van der Waals surface area contributed by atoms with Crippen LogP contribution in [-0.2, 0) is 12.8 Å². The molecule has 1 atom stereocenters. The number of rotatable bonds is 8. The normalized spacial score (nSPS) is 20.3. The summed E-state index contributed by atoms with van der Waals surface area (Å²) < 4.78 is 95.4. The minimum Gasteiger partial charge on any atom is -0.429 e. The quantitative estimate of drug-likeness (QED) is 0.322. The lowest BCUT2D eigenvalue weighted by Gasteiger charge is -2.28. The molecule has 0 bridgehead atoms. The van der Waals surface area contributed by atoms with Gasteiger partial charge in [-0.25, -0.2) is 8.78 Å². The summed E-state index contributed by atoms with van der Waals surface area (Å²) in [6.07, 6.45) is -9.23. The van der Waals surface area contributed by atoms with E-state index in [9.17, 15) is 30.7 Å². The van der Waals surface area contributed by atoms with Gasteiger partial charge < -0.3 is 4.74 Å². The molecule has 0 N–H and O–H groups in total. The molecular formula is C25H26ClF7O. The minimum atomic E-state index is -5.79. The molecule has 9 heteroatoms. The topological polar surface area (TPSA) is 9.23 Å². The van der Waals surface area contributed by atoms with Crippen LogP contribution in [0.3, 0.4) is 0 Å². The Morgan fingerprint density at radius 2 is 1.65 bits per heavy atom. The summed E-state index contributed by atoms with van der Waals surface area (Å²) in [5.74, 6) is 0.00735. The lowest BCUT2D eigenvalue weighted by Crippen LogP contribution is -2.45. The van der Waals surface area contributed by atoms with Gasteiger partial charge in [-0.05, 0) is 85.3 Å². The number of hydrogen-bond acceptors (Lipinski definition) is 1. The highest BCUT2D eigenvalue weighted by Gasteiger charge is 2.59. The summed E-state index contributed by atoms with van der Waals surface area (Å²) in [5, 5.41) is -0.398. The van der Waals surface area contributed by atoms with Gasteiger partial charge in [-0.3, -0.25) is 0 Å². The molecule has 0 saturated heterocycles. The van der Waals surface area contributed by atoms with Crippen molar-refractivity contribution in [3.8, 4) is 5.75 Å². The molecule has 1 fully saturated rings. The molecule has 1 saturated carbocycles. The molecule has 188 valence electrons. The van der Waals surface area contributed by atoms with Gasteiger partial charge in [0.1, 0.15) is 11.6 Å². The fraction of sp³-hybridized carbons (Fsp3) is 0.520. The molecule has 0 aromatic heterocycles. The fourth-order valence-corrected chi connectivity index (χ4v) is 4.62. The minimum absolute atomic E-state index is 0.308. The van der Waals surface area contributed by atoms with Gasteiger partial charge in [-0.15, -0.1) is 0 Å². The molecule has 2 aromatic carbocycles. The van der Waals surface area contributed by atoms with Crippen LogP contribution in [0.2, 0.25) is 5.02 Å². The molecule has 0 heterocycles. The second kappa shape index (κ2) is 10.8. The molecule has 0 radical (unpaired) electrons. The maximum absolute atomic E-state index is 14.7. The zero-order valence-electron chi connectivity index (χ0n) is 18.6. The third-order valence-corrected chi connectivity index (χ3v) is 6.78. The van der Waals surface area contributed by atoms with Crippen LogP contribution >= 0.6 is 11.6 Å². The van der Waals surface area contributed by atoms with E-state index in [1.807, 2.05) is 6.07 Å². The summed E-state index contributed by atoms with van der Waals surface area (Å²) >= 11 is 5.86. The average Bonchev–Trinajstić information content (AvgIpc) is 2.78. The van der Waals surface area contributed by atoms with Crippen LogP contribution in [0.25, 0.3) is 0 Å². The van der Waals surface area contributed by atoms with Crippen LogP contribution < -0.4 is 4.74 Å². The number of aryl methyl sites for hydroxylation is 2. The van der Waals surface area contributed by atoms with Gasteiger partial charge in [0.25, 0.3) is 6.17 Å². The summed E-state index contributed by atoms with van der Waals surface area (Å²) in [5.41, 5.74) is 2.01. The van der Waals surface area contributed by atoms with Crippen molar-refractivity contribution in [2.45, 2.75) is 76.2 Å². The van der Waals surface area contributed by atoms with E-state index in [1.54, 1.807) is 12.1 Å². The van der Waals surface area contributed by atoms with Gasteiger partial charge in [0, 0.05) is 0 Å². The fourth-order valence-electron chi connectivity index (χ4n) is 4.37. The summed E-state index contributed by atoms with van der Waals surface area (Å²) in [4.78, 5) is 0. The van der Waals surface area contributed by atoms with Crippen molar-refractivity contribution in [2.75, 3.05) is 0 Å². The highest BCUT2D eigenvalue weighted by atomic mass is 35.5. The Labute approximate surface area is 199 Å². The van der Waals surface area contributed by atoms with Gasteiger partial charge in [0.15, 0.2) is 0 Å². The Bertz CT molecular complexity index is 968. The second-order valence-corrected chi connectivity index (χ2v) is 9.22. The van der Waals surface area contributed by atoms with Gasteiger partial charge in [0.2, 0.25) is 0 Å². The summed E-state index contributed by atoms with van der Waals surface area (Å²) in [6.45, 7) is 2.19. The third kappa shape index (κ3) is 6.58. The predicted molar refractivity (Wildman–Crippen MR) is 117 cm³/mol. The molecule has 2 aromatic rings. The van der Waals surface area contributed by atoms with Crippen LogP contribution in [0.5, 0.6) is 5.75 Å². The SMILES string of the molecule is CCC1CCC(c2ccc(CCc3ccc(OC(F)(F)C(F)C(F)(F)F)c(Cl)c3)c(F)c2)CC1. The van der Waals surface area contributed by atoms with Crippen molar-refractivity contribution < 1.29 is 35.5 Å². The van der Waals surface area contributed by atoms with Gasteiger partial charge in [-0.2, -0.15) is 22.0 Å². The smallest absolute Gasteiger partial charge is 0.429 e. The van der Waals surface area contributed by atoms with Crippen LogP contribution in [0, 0.1) is 11.7 Å². The maximum Gasteiger partial charge on any atom is 0.439 e. The van der Waals surface area contributed by atoms with Gasteiger partial charge in [0.05, 0.1) is 5.02 Å². The molecule has 0 amide bonds. The molecule has 1 unspecified atom stereocenters. The van der Waals surface area contributed by atoms with E-state index < -0.39 is 29.2 Å². The van der Waals surface area contributed by atoms with Gasteiger partial charge >= 0.3 is 12.3 Å². The highest BCUT2D eigenvalue weighted by Crippen LogP contribution is 2.39. The predicted octanol–water partition coefficient (Wildman–Crippen LogP) is 8.82.